The molecule has 0 radical (unpaired) electrons. The quantitative estimate of drug-likeness (QED) is 0.733. The van der Waals surface area contributed by atoms with Crippen molar-refractivity contribution in [3.05, 3.63) is 0 Å². The summed E-state index contributed by atoms with van der Waals surface area (Å²) in [5.41, 5.74) is 0. The molecule has 2 aliphatic rings. The van der Waals surface area contributed by atoms with Gasteiger partial charge in [0, 0.05) is 25.3 Å². The minimum absolute atomic E-state index is 0.00518. The summed E-state index contributed by atoms with van der Waals surface area (Å²) >= 11 is 5.76. The Balaban J connectivity index is 1.95. The van der Waals surface area contributed by atoms with E-state index in [-0.39, 0.29) is 49.7 Å². The zero-order valence-corrected chi connectivity index (χ0v) is 11.8. The molecule has 0 bridgehead atoms. The number of morpholine rings is 1. The Bertz CT molecular complexity index is 331. The zero-order valence-electron chi connectivity index (χ0n) is 11.1. The Morgan fingerprint density at radius 1 is 1.42 bits per heavy atom. The Kier molecular flexibility index (Phi) is 4.66. The largest absolute Gasteiger partial charge is 0.373 e. The van der Waals surface area contributed by atoms with Crippen LogP contribution < -0.4 is 0 Å². The van der Waals surface area contributed by atoms with E-state index >= 15 is 0 Å². The monoisotopic (exact) mass is 295 g/mol. The van der Waals surface area contributed by atoms with Gasteiger partial charge in [0.15, 0.2) is 0 Å². The molecule has 0 spiro atoms. The molecule has 0 aromatic rings. The van der Waals surface area contributed by atoms with Crippen molar-refractivity contribution in [1.29, 1.82) is 0 Å². The van der Waals surface area contributed by atoms with E-state index in [1.807, 2.05) is 6.92 Å². The summed E-state index contributed by atoms with van der Waals surface area (Å²) in [5, 5.41) is 0. The van der Waals surface area contributed by atoms with E-state index < -0.39 is 5.92 Å². The molecule has 19 heavy (non-hydrogen) atoms. The molecule has 1 aliphatic carbocycles. The van der Waals surface area contributed by atoms with Gasteiger partial charge in [0.1, 0.15) is 0 Å². The molecule has 1 aliphatic heterocycles. The van der Waals surface area contributed by atoms with Crippen LogP contribution in [0, 0.1) is 5.92 Å². The molecule has 0 aromatic carbocycles. The van der Waals surface area contributed by atoms with E-state index in [0.29, 0.717) is 19.0 Å². The zero-order chi connectivity index (χ0) is 14.0. The van der Waals surface area contributed by atoms with Crippen LogP contribution in [0.2, 0.25) is 0 Å². The number of carbonyl (C=O) groups is 1. The van der Waals surface area contributed by atoms with Gasteiger partial charge in [-0.3, -0.25) is 4.79 Å². The molecule has 1 saturated carbocycles. The highest BCUT2D eigenvalue weighted by atomic mass is 35.5. The van der Waals surface area contributed by atoms with Crippen LogP contribution in [0.15, 0.2) is 0 Å². The van der Waals surface area contributed by atoms with Crippen molar-refractivity contribution in [2.24, 2.45) is 5.92 Å². The van der Waals surface area contributed by atoms with Gasteiger partial charge >= 0.3 is 0 Å². The predicted molar refractivity (Wildman–Crippen MR) is 68.5 cm³/mol. The number of rotatable bonds is 2. The molecule has 110 valence electrons. The van der Waals surface area contributed by atoms with E-state index in [1.165, 1.54) is 0 Å². The predicted octanol–water partition coefficient (Wildman–Crippen LogP) is 2.67. The average Bonchev–Trinajstić information content (AvgIpc) is 2.38. The van der Waals surface area contributed by atoms with Gasteiger partial charge in [-0.1, -0.05) is 0 Å². The van der Waals surface area contributed by atoms with Gasteiger partial charge in [-0.15, -0.1) is 11.6 Å². The molecule has 2 rings (SSSR count). The lowest BCUT2D eigenvalue weighted by Gasteiger charge is -2.40. The Morgan fingerprint density at radius 2 is 2.05 bits per heavy atom. The molecule has 1 saturated heterocycles. The summed E-state index contributed by atoms with van der Waals surface area (Å²) in [4.78, 5) is 14.2. The first kappa shape index (κ1) is 15.0. The maximum absolute atomic E-state index is 13.1. The molecule has 6 heteroatoms. The summed E-state index contributed by atoms with van der Waals surface area (Å²) in [6.45, 7) is 2.85. The summed E-state index contributed by atoms with van der Waals surface area (Å²) < 4.78 is 31.7. The second-order valence-electron chi connectivity index (χ2n) is 5.58. The molecule has 0 aromatic heterocycles. The van der Waals surface area contributed by atoms with Crippen LogP contribution in [-0.4, -0.2) is 47.9 Å². The summed E-state index contributed by atoms with van der Waals surface area (Å²) in [6.07, 6.45) is 0.0530. The number of amides is 1. The van der Waals surface area contributed by atoms with Gasteiger partial charge in [-0.05, 0) is 19.8 Å². The lowest BCUT2D eigenvalue weighted by Crippen LogP contribution is -2.53. The number of alkyl halides is 3. The highest BCUT2D eigenvalue weighted by Gasteiger charge is 2.40. The molecule has 2 unspecified atom stereocenters. The van der Waals surface area contributed by atoms with Crippen molar-refractivity contribution in [3.63, 3.8) is 0 Å². The molecular formula is C13H20ClF2NO2. The molecular weight excluding hydrogens is 276 g/mol. The minimum atomic E-state index is -2.59. The molecule has 1 heterocycles. The molecule has 2 fully saturated rings. The van der Waals surface area contributed by atoms with E-state index in [1.54, 1.807) is 4.90 Å². The van der Waals surface area contributed by atoms with Gasteiger partial charge in [0.05, 0.1) is 24.6 Å². The maximum atomic E-state index is 13.1. The first-order valence-electron chi connectivity index (χ1n) is 6.79. The van der Waals surface area contributed by atoms with Gasteiger partial charge in [0.2, 0.25) is 11.8 Å². The summed E-state index contributed by atoms with van der Waals surface area (Å²) in [5.74, 6) is -2.52. The molecule has 2 atom stereocenters. The normalized spacial score (nSPS) is 32.3. The third-order valence-corrected chi connectivity index (χ3v) is 4.37. The van der Waals surface area contributed by atoms with Crippen LogP contribution in [0.5, 0.6) is 0 Å². The Morgan fingerprint density at radius 3 is 2.63 bits per heavy atom. The second-order valence-corrected chi connectivity index (χ2v) is 5.89. The number of hydrogen-bond acceptors (Lipinski definition) is 2. The van der Waals surface area contributed by atoms with Crippen molar-refractivity contribution in [1.82, 2.24) is 4.90 Å². The van der Waals surface area contributed by atoms with Gasteiger partial charge < -0.3 is 9.64 Å². The van der Waals surface area contributed by atoms with E-state index in [4.69, 9.17) is 16.3 Å². The van der Waals surface area contributed by atoms with Crippen molar-refractivity contribution in [3.8, 4) is 0 Å². The third-order valence-electron chi connectivity index (χ3n) is 4.03. The highest BCUT2D eigenvalue weighted by molar-refractivity contribution is 6.18. The van der Waals surface area contributed by atoms with E-state index in [2.05, 4.69) is 0 Å². The highest BCUT2D eigenvalue weighted by Crippen LogP contribution is 2.37. The second kappa shape index (κ2) is 5.92. The molecule has 0 N–H and O–H groups in total. The number of carbonyl (C=O) groups excluding carboxylic acids is 1. The number of ether oxygens (including phenoxy) is 1. The van der Waals surface area contributed by atoms with Crippen LogP contribution in [0.25, 0.3) is 0 Å². The summed E-state index contributed by atoms with van der Waals surface area (Å²) in [7, 11) is 0. The van der Waals surface area contributed by atoms with Crippen LogP contribution in [0.4, 0.5) is 8.78 Å². The Hall–Kier alpha value is -0.420. The standard InChI is InChI=1S/C13H20ClF2NO2/c1-9-8-19-11(6-14)7-17(9)12(18)10-2-4-13(15,16)5-3-10/h9-11H,2-8H2,1H3. The fourth-order valence-electron chi connectivity index (χ4n) is 2.74. The molecule has 1 amide bonds. The van der Waals surface area contributed by atoms with Crippen LogP contribution in [-0.2, 0) is 9.53 Å². The average molecular weight is 296 g/mol. The van der Waals surface area contributed by atoms with Crippen LogP contribution >= 0.6 is 11.6 Å². The van der Waals surface area contributed by atoms with E-state index in [9.17, 15) is 13.6 Å². The van der Waals surface area contributed by atoms with Crippen molar-refractivity contribution in [2.45, 2.75) is 50.7 Å². The fourth-order valence-corrected chi connectivity index (χ4v) is 2.93. The first-order chi connectivity index (χ1) is 8.93. The van der Waals surface area contributed by atoms with Gasteiger partial charge in [-0.25, -0.2) is 8.78 Å². The topological polar surface area (TPSA) is 29.5 Å². The first-order valence-corrected chi connectivity index (χ1v) is 7.32. The fraction of sp³-hybridized carbons (Fsp3) is 0.923. The van der Waals surface area contributed by atoms with Crippen LogP contribution in [0.3, 0.4) is 0 Å². The third kappa shape index (κ3) is 3.57. The number of nitrogens with zero attached hydrogens (tertiary/aromatic N) is 1. The SMILES string of the molecule is CC1COC(CCl)CN1C(=O)C1CCC(F)(F)CC1. The maximum Gasteiger partial charge on any atom is 0.248 e. The minimum Gasteiger partial charge on any atom is -0.373 e. The van der Waals surface area contributed by atoms with E-state index in [0.717, 1.165) is 0 Å². The smallest absolute Gasteiger partial charge is 0.248 e. The summed E-state index contributed by atoms with van der Waals surface area (Å²) in [6, 6.07) is -0.00518. The molecule has 3 nitrogen and oxygen atoms in total. The number of hydrogen-bond donors (Lipinski definition) is 0. The van der Waals surface area contributed by atoms with Crippen molar-refractivity contribution in [2.75, 3.05) is 19.0 Å². The van der Waals surface area contributed by atoms with Gasteiger partial charge in [-0.2, -0.15) is 0 Å². The lowest BCUT2D eigenvalue weighted by atomic mass is 9.85. The van der Waals surface area contributed by atoms with Crippen molar-refractivity contribution >= 4 is 17.5 Å². The van der Waals surface area contributed by atoms with Crippen molar-refractivity contribution < 1.29 is 18.3 Å². The van der Waals surface area contributed by atoms with Crippen LogP contribution in [0.1, 0.15) is 32.6 Å². The lowest BCUT2D eigenvalue weighted by molar-refractivity contribution is -0.151. The van der Waals surface area contributed by atoms with Gasteiger partial charge in [0.25, 0.3) is 0 Å². The number of halogens is 3. The Labute approximate surface area is 117 Å².